The second-order valence-corrected chi connectivity index (χ2v) is 4.23. The molecular formula is C9H3ClF4S. The van der Waals surface area contributed by atoms with E-state index in [9.17, 15) is 17.6 Å². The molecule has 0 saturated carbocycles. The lowest BCUT2D eigenvalue weighted by Crippen LogP contribution is -2.07. The molecule has 6 heteroatoms. The van der Waals surface area contributed by atoms with E-state index >= 15 is 0 Å². The zero-order valence-corrected chi connectivity index (χ0v) is 8.60. The molecular weight excluding hydrogens is 252 g/mol. The summed E-state index contributed by atoms with van der Waals surface area (Å²) in [4.78, 5) is 0. The van der Waals surface area contributed by atoms with Crippen LogP contribution in [0.4, 0.5) is 17.6 Å². The number of fused-ring (bicyclic) bond motifs is 1. The molecule has 0 N–H and O–H groups in total. The van der Waals surface area contributed by atoms with Crippen LogP contribution in [0.15, 0.2) is 17.5 Å². The number of halogens is 5. The maximum absolute atomic E-state index is 13.1. The number of hydrogen-bond donors (Lipinski definition) is 0. The molecule has 1 heterocycles. The number of hydrogen-bond acceptors (Lipinski definition) is 1. The van der Waals surface area contributed by atoms with Gasteiger partial charge in [0.1, 0.15) is 5.82 Å². The van der Waals surface area contributed by atoms with Gasteiger partial charge in [-0.1, -0.05) is 11.6 Å². The van der Waals surface area contributed by atoms with Crippen molar-refractivity contribution in [1.82, 2.24) is 0 Å². The zero-order valence-electron chi connectivity index (χ0n) is 7.03. The molecule has 0 amide bonds. The average molecular weight is 255 g/mol. The molecule has 1 aromatic heterocycles. The Hall–Kier alpha value is -0.810. The highest BCUT2D eigenvalue weighted by Gasteiger charge is 2.34. The van der Waals surface area contributed by atoms with Gasteiger partial charge in [0.25, 0.3) is 0 Å². The van der Waals surface area contributed by atoms with Crippen molar-refractivity contribution < 1.29 is 17.6 Å². The number of rotatable bonds is 0. The first-order valence-electron chi connectivity index (χ1n) is 3.83. The van der Waals surface area contributed by atoms with Gasteiger partial charge in [-0.15, -0.1) is 11.3 Å². The molecule has 0 bridgehead atoms. The van der Waals surface area contributed by atoms with Crippen LogP contribution in [0, 0.1) is 5.82 Å². The SMILES string of the molecule is Fc1cc2c(Cl)csc2cc1C(F)(F)F. The van der Waals surface area contributed by atoms with Crippen LogP contribution in [-0.2, 0) is 6.18 Å². The van der Waals surface area contributed by atoms with Gasteiger partial charge in [0.2, 0.25) is 0 Å². The summed E-state index contributed by atoms with van der Waals surface area (Å²) in [7, 11) is 0. The van der Waals surface area contributed by atoms with Gasteiger partial charge in [0, 0.05) is 15.5 Å². The lowest BCUT2D eigenvalue weighted by molar-refractivity contribution is -0.139. The van der Waals surface area contributed by atoms with Gasteiger partial charge in [0.15, 0.2) is 0 Å². The zero-order chi connectivity index (χ0) is 11.2. The Labute approximate surface area is 91.1 Å². The van der Waals surface area contributed by atoms with Crippen molar-refractivity contribution >= 4 is 33.0 Å². The van der Waals surface area contributed by atoms with Gasteiger partial charge >= 0.3 is 6.18 Å². The van der Waals surface area contributed by atoms with Gasteiger partial charge < -0.3 is 0 Å². The molecule has 2 rings (SSSR count). The quantitative estimate of drug-likeness (QED) is 0.597. The summed E-state index contributed by atoms with van der Waals surface area (Å²) in [5, 5.41) is 2.06. The molecule has 2 aromatic rings. The van der Waals surface area contributed by atoms with Crippen LogP contribution in [-0.4, -0.2) is 0 Å². The minimum atomic E-state index is -4.67. The molecule has 0 aliphatic heterocycles. The van der Waals surface area contributed by atoms with Gasteiger partial charge in [-0.25, -0.2) is 4.39 Å². The van der Waals surface area contributed by atoms with Crippen LogP contribution in [0.1, 0.15) is 5.56 Å². The van der Waals surface area contributed by atoms with E-state index in [4.69, 9.17) is 11.6 Å². The third kappa shape index (κ3) is 1.81. The first-order chi connectivity index (χ1) is 6.89. The van der Waals surface area contributed by atoms with Gasteiger partial charge in [-0.3, -0.25) is 0 Å². The molecule has 0 fully saturated rings. The normalized spacial score (nSPS) is 12.3. The smallest absolute Gasteiger partial charge is 0.206 e. The topological polar surface area (TPSA) is 0 Å². The highest BCUT2D eigenvalue weighted by molar-refractivity contribution is 7.17. The van der Waals surface area contributed by atoms with Crippen molar-refractivity contribution in [2.75, 3.05) is 0 Å². The molecule has 0 atom stereocenters. The van der Waals surface area contributed by atoms with Gasteiger partial charge in [0.05, 0.1) is 10.6 Å². The Bertz CT molecular complexity index is 515. The lowest BCUT2D eigenvalue weighted by atomic mass is 10.1. The molecule has 0 nitrogen and oxygen atoms in total. The monoisotopic (exact) mass is 254 g/mol. The lowest BCUT2D eigenvalue weighted by Gasteiger charge is -2.07. The fourth-order valence-electron chi connectivity index (χ4n) is 1.23. The summed E-state index contributed by atoms with van der Waals surface area (Å²) < 4.78 is 50.4. The van der Waals surface area contributed by atoms with Crippen LogP contribution in [0.2, 0.25) is 5.02 Å². The van der Waals surface area contributed by atoms with Crippen molar-refractivity contribution in [2.24, 2.45) is 0 Å². The van der Waals surface area contributed by atoms with Crippen molar-refractivity contribution in [3.05, 3.63) is 33.9 Å². The van der Waals surface area contributed by atoms with E-state index in [1.54, 1.807) is 0 Å². The second kappa shape index (κ2) is 3.35. The maximum atomic E-state index is 13.1. The summed E-state index contributed by atoms with van der Waals surface area (Å²) in [6.45, 7) is 0. The van der Waals surface area contributed by atoms with Crippen LogP contribution < -0.4 is 0 Å². The minimum absolute atomic E-state index is 0.266. The first-order valence-corrected chi connectivity index (χ1v) is 5.09. The Morgan fingerprint density at radius 1 is 1.20 bits per heavy atom. The van der Waals surface area contributed by atoms with E-state index in [1.807, 2.05) is 0 Å². The molecule has 0 radical (unpaired) electrons. The number of benzene rings is 1. The molecule has 1 aromatic carbocycles. The third-order valence-electron chi connectivity index (χ3n) is 1.92. The summed E-state index contributed by atoms with van der Waals surface area (Å²) >= 11 is 6.73. The van der Waals surface area contributed by atoms with Crippen molar-refractivity contribution in [3.8, 4) is 0 Å². The van der Waals surface area contributed by atoms with E-state index in [0.29, 0.717) is 10.1 Å². The highest BCUT2D eigenvalue weighted by atomic mass is 35.5. The minimum Gasteiger partial charge on any atom is -0.206 e. The van der Waals surface area contributed by atoms with E-state index in [0.717, 1.165) is 23.5 Å². The fourth-order valence-corrected chi connectivity index (χ4v) is 2.42. The average Bonchev–Trinajstić information content (AvgIpc) is 2.45. The first kappa shape index (κ1) is 10.7. The van der Waals surface area contributed by atoms with Gasteiger partial charge in [-0.05, 0) is 12.1 Å². The maximum Gasteiger partial charge on any atom is 0.419 e. The molecule has 0 saturated heterocycles. The highest BCUT2D eigenvalue weighted by Crippen LogP contribution is 2.37. The molecule has 80 valence electrons. The van der Waals surface area contributed by atoms with E-state index < -0.39 is 17.6 Å². The van der Waals surface area contributed by atoms with Crippen molar-refractivity contribution in [3.63, 3.8) is 0 Å². The summed E-state index contributed by atoms with van der Waals surface area (Å²) in [6.07, 6.45) is -4.67. The summed E-state index contributed by atoms with van der Waals surface area (Å²) in [5.74, 6) is -1.30. The second-order valence-electron chi connectivity index (χ2n) is 2.91. The summed E-state index contributed by atoms with van der Waals surface area (Å²) in [5.41, 5.74) is -1.26. The van der Waals surface area contributed by atoms with Crippen LogP contribution >= 0.6 is 22.9 Å². The van der Waals surface area contributed by atoms with Crippen LogP contribution in [0.25, 0.3) is 10.1 Å². The number of alkyl halides is 3. The van der Waals surface area contributed by atoms with Crippen molar-refractivity contribution in [2.45, 2.75) is 6.18 Å². The Morgan fingerprint density at radius 2 is 1.87 bits per heavy atom. The molecule has 0 spiro atoms. The molecule has 0 aliphatic rings. The van der Waals surface area contributed by atoms with Crippen LogP contribution in [0.5, 0.6) is 0 Å². The van der Waals surface area contributed by atoms with E-state index in [1.165, 1.54) is 5.38 Å². The Balaban J connectivity index is 2.74. The predicted octanol–water partition coefficient (Wildman–Crippen LogP) is 4.71. The summed E-state index contributed by atoms with van der Waals surface area (Å²) in [6, 6.07) is 1.60. The largest absolute Gasteiger partial charge is 0.419 e. The van der Waals surface area contributed by atoms with E-state index in [2.05, 4.69) is 0 Å². The molecule has 0 unspecified atom stereocenters. The Morgan fingerprint density at radius 3 is 2.47 bits per heavy atom. The Kier molecular flexibility index (Phi) is 2.39. The third-order valence-corrected chi connectivity index (χ3v) is 3.31. The van der Waals surface area contributed by atoms with Gasteiger partial charge in [-0.2, -0.15) is 13.2 Å². The molecule has 15 heavy (non-hydrogen) atoms. The predicted molar refractivity (Wildman–Crippen MR) is 51.8 cm³/mol. The number of thiophene rings is 1. The standard InChI is InChI=1S/C9H3ClF4S/c10-6-3-15-8-2-5(9(12,13)14)7(11)1-4(6)8/h1-3H. The fraction of sp³-hybridized carbons (Fsp3) is 0.111. The van der Waals surface area contributed by atoms with Crippen LogP contribution in [0.3, 0.4) is 0 Å². The van der Waals surface area contributed by atoms with Crippen molar-refractivity contribution in [1.29, 1.82) is 0 Å². The molecule has 0 aliphatic carbocycles. The van der Waals surface area contributed by atoms with E-state index in [-0.39, 0.29) is 5.02 Å².